The molecule has 0 spiro atoms. The third-order valence-corrected chi connectivity index (χ3v) is 2.63. The first kappa shape index (κ1) is 14.0. The molecule has 0 saturated heterocycles. The molecule has 1 heterocycles. The number of benzene rings is 1. The quantitative estimate of drug-likeness (QED) is 0.868. The first-order chi connectivity index (χ1) is 9.51. The molecule has 7 heteroatoms. The fourth-order valence-corrected chi connectivity index (χ4v) is 1.69. The number of esters is 1. The van der Waals surface area contributed by atoms with Crippen LogP contribution >= 0.6 is 0 Å². The van der Waals surface area contributed by atoms with E-state index in [1.807, 2.05) is 0 Å². The molecular weight excluding hydrogens is 270 g/mol. The molecule has 2 rings (SSSR count). The number of halogens is 2. The summed E-state index contributed by atoms with van der Waals surface area (Å²) < 4.78 is 32.1. The van der Waals surface area contributed by atoms with Crippen LogP contribution in [0.25, 0.3) is 0 Å². The summed E-state index contributed by atoms with van der Waals surface area (Å²) >= 11 is 0. The minimum absolute atomic E-state index is 0.0145. The van der Waals surface area contributed by atoms with Crippen molar-refractivity contribution in [3.05, 3.63) is 57.5 Å². The zero-order chi connectivity index (χ0) is 14.7. The van der Waals surface area contributed by atoms with Crippen LogP contribution in [0.2, 0.25) is 0 Å². The standard InChI is InChI=1S/C13H12F2N2O3/c1-2-20-13(19)11-6-12(18)17(16-11)7-8-3-4-9(14)5-10(8)15/h3-6,16H,2,7H2,1H3. The van der Waals surface area contributed by atoms with Gasteiger partial charge in [0.1, 0.15) is 17.3 Å². The van der Waals surface area contributed by atoms with E-state index in [9.17, 15) is 18.4 Å². The van der Waals surface area contributed by atoms with Crippen LogP contribution in [-0.4, -0.2) is 22.4 Å². The van der Waals surface area contributed by atoms with Gasteiger partial charge in [-0.15, -0.1) is 0 Å². The van der Waals surface area contributed by atoms with Crippen LogP contribution in [0.1, 0.15) is 23.0 Å². The average Bonchev–Trinajstić information content (AvgIpc) is 2.75. The highest BCUT2D eigenvalue weighted by molar-refractivity contribution is 5.86. The summed E-state index contributed by atoms with van der Waals surface area (Å²) in [5.41, 5.74) is -0.387. The Morgan fingerprint density at radius 1 is 1.35 bits per heavy atom. The van der Waals surface area contributed by atoms with E-state index in [0.717, 1.165) is 22.9 Å². The molecule has 0 aliphatic carbocycles. The number of hydrogen-bond donors (Lipinski definition) is 1. The number of ether oxygens (including phenoxy) is 1. The number of carbonyl (C=O) groups is 1. The van der Waals surface area contributed by atoms with Gasteiger partial charge in [0.15, 0.2) is 0 Å². The number of nitrogens with zero attached hydrogens (tertiary/aromatic N) is 1. The van der Waals surface area contributed by atoms with Gasteiger partial charge in [0.25, 0.3) is 5.56 Å². The molecule has 0 aliphatic rings. The smallest absolute Gasteiger partial charge is 0.356 e. The van der Waals surface area contributed by atoms with E-state index in [1.165, 1.54) is 6.07 Å². The molecule has 0 saturated carbocycles. The predicted octanol–water partition coefficient (Wildman–Crippen LogP) is 1.68. The topological polar surface area (TPSA) is 64.1 Å². The maximum atomic E-state index is 13.5. The summed E-state index contributed by atoms with van der Waals surface area (Å²) in [7, 11) is 0. The molecule has 1 aromatic heterocycles. The van der Waals surface area contributed by atoms with Gasteiger partial charge in [-0.2, -0.15) is 0 Å². The summed E-state index contributed by atoms with van der Waals surface area (Å²) in [5.74, 6) is -2.12. The maximum Gasteiger partial charge on any atom is 0.356 e. The number of carbonyl (C=O) groups excluding carboxylic acids is 1. The minimum atomic E-state index is -0.760. The van der Waals surface area contributed by atoms with Crippen molar-refractivity contribution in [2.24, 2.45) is 0 Å². The highest BCUT2D eigenvalue weighted by Gasteiger charge is 2.13. The highest BCUT2D eigenvalue weighted by Crippen LogP contribution is 2.10. The van der Waals surface area contributed by atoms with E-state index in [2.05, 4.69) is 5.10 Å². The average molecular weight is 282 g/mol. The number of rotatable bonds is 4. The lowest BCUT2D eigenvalue weighted by atomic mass is 10.2. The number of aromatic nitrogens is 2. The van der Waals surface area contributed by atoms with Crippen LogP contribution in [-0.2, 0) is 11.3 Å². The lowest BCUT2D eigenvalue weighted by Crippen LogP contribution is -2.17. The number of nitrogens with one attached hydrogen (secondary N) is 1. The molecule has 0 radical (unpaired) electrons. The first-order valence-corrected chi connectivity index (χ1v) is 5.92. The van der Waals surface area contributed by atoms with Crippen molar-refractivity contribution in [3.63, 3.8) is 0 Å². The number of H-pyrrole nitrogens is 1. The molecule has 2 aromatic rings. The first-order valence-electron chi connectivity index (χ1n) is 5.92. The molecule has 0 aliphatic heterocycles. The fourth-order valence-electron chi connectivity index (χ4n) is 1.69. The van der Waals surface area contributed by atoms with Crippen molar-refractivity contribution in [1.82, 2.24) is 9.78 Å². The van der Waals surface area contributed by atoms with Crippen LogP contribution in [0, 0.1) is 11.6 Å². The van der Waals surface area contributed by atoms with Crippen molar-refractivity contribution >= 4 is 5.97 Å². The normalized spacial score (nSPS) is 10.6. The Kier molecular flexibility index (Phi) is 3.97. The second-order valence-electron chi connectivity index (χ2n) is 4.05. The Morgan fingerprint density at radius 2 is 2.10 bits per heavy atom. The van der Waals surface area contributed by atoms with Gasteiger partial charge in [0, 0.05) is 17.7 Å². The molecule has 0 bridgehead atoms. The van der Waals surface area contributed by atoms with Gasteiger partial charge in [-0.1, -0.05) is 6.07 Å². The van der Waals surface area contributed by atoms with Crippen molar-refractivity contribution in [2.45, 2.75) is 13.5 Å². The van der Waals surface area contributed by atoms with Gasteiger partial charge in [0.05, 0.1) is 13.2 Å². The van der Waals surface area contributed by atoms with E-state index in [-0.39, 0.29) is 24.4 Å². The van der Waals surface area contributed by atoms with E-state index < -0.39 is 23.2 Å². The predicted molar refractivity (Wildman–Crippen MR) is 66.5 cm³/mol. The Hall–Kier alpha value is -2.44. The van der Waals surface area contributed by atoms with E-state index in [0.29, 0.717) is 0 Å². The SMILES string of the molecule is CCOC(=O)c1cc(=O)n(Cc2ccc(F)cc2F)[nH]1. The van der Waals surface area contributed by atoms with Gasteiger partial charge < -0.3 is 4.74 Å². The van der Waals surface area contributed by atoms with Gasteiger partial charge in [-0.3, -0.25) is 9.89 Å². The molecule has 0 fully saturated rings. The van der Waals surface area contributed by atoms with Crippen LogP contribution < -0.4 is 5.56 Å². The molecular formula is C13H12F2N2O3. The van der Waals surface area contributed by atoms with Crippen molar-refractivity contribution < 1.29 is 18.3 Å². The molecule has 106 valence electrons. The van der Waals surface area contributed by atoms with E-state index in [1.54, 1.807) is 6.92 Å². The van der Waals surface area contributed by atoms with E-state index >= 15 is 0 Å². The Balaban J connectivity index is 2.26. The fraction of sp³-hybridized carbons (Fsp3) is 0.231. The van der Waals surface area contributed by atoms with Crippen LogP contribution in [0.15, 0.2) is 29.1 Å². The second-order valence-corrected chi connectivity index (χ2v) is 4.05. The van der Waals surface area contributed by atoms with Crippen LogP contribution in [0.5, 0.6) is 0 Å². The Morgan fingerprint density at radius 3 is 2.75 bits per heavy atom. The minimum Gasteiger partial charge on any atom is -0.461 e. The van der Waals surface area contributed by atoms with Crippen LogP contribution in [0.4, 0.5) is 8.78 Å². The summed E-state index contributed by atoms with van der Waals surface area (Å²) in [6.45, 7) is 1.68. The third-order valence-electron chi connectivity index (χ3n) is 2.63. The van der Waals surface area contributed by atoms with Gasteiger partial charge in [-0.25, -0.2) is 18.3 Å². The van der Waals surface area contributed by atoms with Crippen molar-refractivity contribution in [3.8, 4) is 0 Å². The largest absolute Gasteiger partial charge is 0.461 e. The second kappa shape index (κ2) is 5.68. The zero-order valence-corrected chi connectivity index (χ0v) is 10.7. The molecule has 0 amide bonds. The monoisotopic (exact) mass is 282 g/mol. The van der Waals surface area contributed by atoms with Gasteiger partial charge in [-0.05, 0) is 13.0 Å². The van der Waals surface area contributed by atoms with Crippen molar-refractivity contribution in [2.75, 3.05) is 6.61 Å². The van der Waals surface area contributed by atoms with Crippen molar-refractivity contribution in [1.29, 1.82) is 0 Å². The summed E-state index contributed by atoms with van der Waals surface area (Å²) in [5, 5.41) is 2.53. The number of aromatic amines is 1. The van der Waals surface area contributed by atoms with E-state index in [4.69, 9.17) is 4.74 Å². The molecule has 1 N–H and O–H groups in total. The Labute approximate surface area is 112 Å². The zero-order valence-electron chi connectivity index (χ0n) is 10.7. The lowest BCUT2D eigenvalue weighted by molar-refractivity contribution is 0.0518. The summed E-state index contributed by atoms with van der Waals surface area (Å²) in [6.07, 6.45) is 0. The van der Waals surface area contributed by atoms with Gasteiger partial charge >= 0.3 is 5.97 Å². The molecule has 1 aromatic carbocycles. The molecule has 5 nitrogen and oxygen atoms in total. The summed E-state index contributed by atoms with van der Waals surface area (Å²) in [4.78, 5) is 23.1. The number of hydrogen-bond acceptors (Lipinski definition) is 3. The Bertz CT molecular complexity index is 691. The molecule has 0 atom stereocenters. The van der Waals surface area contributed by atoms with Crippen LogP contribution in [0.3, 0.4) is 0 Å². The van der Waals surface area contributed by atoms with Gasteiger partial charge in [0.2, 0.25) is 0 Å². The molecule has 0 unspecified atom stereocenters. The maximum absolute atomic E-state index is 13.5. The third kappa shape index (κ3) is 2.93. The highest BCUT2D eigenvalue weighted by atomic mass is 19.1. The summed E-state index contributed by atoms with van der Waals surface area (Å²) in [6, 6.07) is 4.13. The lowest BCUT2D eigenvalue weighted by Gasteiger charge is -2.04. The molecule has 20 heavy (non-hydrogen) atoms.